The first-order valence-corrected chi connectivity index (χ1v) is 11.1. The van der Waals surface area contributed by atoms with Crippen LogP contribution in [0.25, 0.3) is 0 Å². The molecule has 2 heterocycles. The van der Waals surface area contributed by atoms with Gasteiger partial charge in [0.1, 0.15) is 5.82 Å². The molecule has 0 radical (unpaired) electrons. The van der Waals surface area contributed by atoms with Gasteiger partial charge in [-0.05, 0) is 37.8 Å². The van der Waals surface area contributed by atoms with Gasteiger partial charge in [-0.1, -0.05) is 48.2 Å². The maximum Gasteiger partial charge on any atom is 0.233 e. The zero-order chi connectivity index (χ0) is 20.1. The lowest BCUT2D eigenvalue weighted by atomic mass is 10.0. The standard InChI is InChI=1S/C21H26N4OS2/c1-21(2,3)25(14-16-9-6-5-7-10-16)19(26)15-28-20-23-22-18(24(20)4)13-17-11-8-12-27-17/h5-12H,13-15H2,1-4H3. The molecule has 0 saturated heterocycles. The first-order chi connectivity index (χ1) is 13.3. The molecule has 2 aromatic heterocycles. The summed E-state index contributed by atoms with van der Waals surface area (Å²) in [5.74, 6) is 1.35. The van der Waals surface area contributed by atoms with E-state index >= 15 is 0 Å². The van der Waals surface area contributed by atoms with Crippen LogP contribution in [0.2, 0.25) is 0 Å². The van der Waals surface area contributed by atoms with Crippen LogP contribution in [0.5, 0.6) is 0 Å². The van der Waals surface area contributed by atoms with Crippen LogP contribution in [0.3, 0.4) is 0 Å². The Balaban J connectivity index is 1.65. The fourth-order valence-electron chi connectivity index (χ4n) is 2.86. The van der Waals surface area contributed by atoms with Crippen LogP contribution >= 0.6 is 23.1 Å². The van der Waals surface area contributed by atoms with E-state index in [1.165, 1.54) is 16.6 Å². The van der Waals surface area contributed by atoms with Gasteiger partial charge < -0.3 is 9.47 Å². The highest BCUT2D eigenvalue weighted by atomic mass is 32.2. The molecule has 1 aromatic carbocycles. The minimum atomic E-state index is -0.252. The summed E-state index contributed by atoms with van der Waals surface area (Å²) in [4.78, 5) is 16.2. The van der Waals surface area contributed by atoms with Crippen molar-refractivity contribution in [3.63, 3.8) is 0 Å². The van der Waals surface area contributed by atoms with Gasteiger partial charge in [0, 0.05) is 30.4 Å². The summed E-state index contributed by atoms with van der Waals surface area (Å²) >= 11 is 3.16. The lowest BCUT2D eigenvalue weighted by Gasteiger charge is -2.36. The Morgan fingerprint density at radius 1 is 1.14 bits per heavy atom. The van der Waals surface area contributed by atoms with E-state index in [9.17, 15) is 4.79 Å². The summed E-state index contributed by atoms with van der Waals surface area (Å²) in [5, 5.41) is 11.4. The van der Waals surface area contributed by atoms with Crippen LogP contribution in [0.1, 0.15) is 37.0 Å². The summed E-state index contributed by atoms with van der Waals surface area (Å²) in [7, 11) is 1.96. The minimum absolute atomic E-state index is 0.101. The van der Waals surface area contributed by atoms with Crippen molar-refractivity contribution in [2.75, 3.05) is 5.75 Å². The molecule has 0 aliphatic heterocycles. The van der Waals surface area contributed by atoms with Crippen LogP contribution in [0.15, 0.2) is 53.0 Å². The third-order valence-corrected chi connectivity index (χ3v) is 6.34. The zero-order valence-electron chi connectivity index (χ0n) is 16.8. The molecule has 28 heavy (non-hydrogen) atoms. The van der Waals surface area contributed by atoms with E-state index in [0.717, 1.165) is 23.0 Å². The highest BCUT2D eigenvalue weighted by Gasteiger charge is 2.27. The summed E-state index contributed by atoms with van der Waals surface area (Å²) in [6.45, 7) is 6.81. The second-order valence-corrected chi connectivity index (χ2v) is 9.61. The summed E-state index contributed by atoms with van der Waals surface area (Å²) in [6, 6.07) is 14.2. The Hall–Kier alpha value is -2.12. The Morgan fingerprint density at radius 3 is 2.54 bits per heavy atom. The number of nitrogens with zero attached hydrogens (tertiary/aromatic N) is 4. The maximum atomic E-state index is 13.0. The number of hydrogen-bond donors (Lipinski definition) is 0. The van der Waals surface area contributed by atoms with Gasteiger partial charge >= 0.3 is 0 Å². The van der Waals surface area contributed by atoms with Gasteiger partial charge in [-0.3, -0.25) is 4.79 Å². The van der Waals surface area contributed by atoms with Gasteiger partial charge in [0.05, 0.1) is 5.75 Å². The molecule has 0 saturated carbocycles. The van der Waals surface area contributed by atoms with Crippen molar-refractivity contribution < 1.29 is 4.79 Å². The smallest absolute Gasteiger partial charge is 0.233 e. The Morgan fingerprint density at radius 2 is 1.89 bits per heavy atom. The van der Waals surface area contributed by atoms with Crippen LogP contribution in [0.4, 0.5) is 0 Å². The predicted octanol–water partition coefficient (Wildman–Crippen LogP) is 4.39. The molecule has 0 aliphatic rings. The summed E-state index contributed by atoms with van der Waals surface area (Å²) < 4.78 is 1.98. The van der Waals surface area contributed by atoms with Crippen molar-refractivity contribution >= 4 is 29.0 Å². The number of thiophene rings is 1. The Kier molecular flexibility index (Phi) is 6.57. The van der Waals surface area contributed by atoms with Crippen molar-refractivity contribution in [2.45, 2.75) is 44.4 Å². The number of carbonyl (C=O) groups excluding carboxylic acids is 1. The molecule has 0 N–H and O–H groups in total. The van der Waals surface area contributed by atoms with E-state index in [0.29, 0.717) is 12.3 Å². The number of thioether (sulfide) groups is 1. The van der Waals surface area contributed by atoms with E-state index < -0.39 is 0 Å². The average Bonchev–Trinajstić information content (AvgIpc) is 3.29. The van der Waals surface area contributed by atoms with E-state index in [2.05, 4.69) is 54.5 Å². The number of rotatable bonds is 7. The molecule has 0 aliphatic carbocycles. The monoisotopic (exact) mass is 414 g/mol. The largest absolute Gasteiger partial charge is 0.333 e. The average molecular weight is 415 g/mol. The quantitative estimate of drug-likeness (QED) is 0.538. The first-order valence-electron chi connectivity index (χ1n) is 9.22. The highest BCUT2D eigenvalue weighted by Crippen LogP contribution is 2.23. The molecule has 1 amide bonds. The van der Waals surface area contributed by atoms with Gasteiger partial charge in [0.15, 0.2) is 5.16 Å². The third kappa shape index (κ3) is 5.23. The Bertz CT molecular complexity index is 898. The van der Waals surface area contributed by atoms with Crippen LogP contribution < -0.4 is 0 Å². The van der Waals surface area contributed by atoms with Gasteiger partial charge in [0.25, 0.3) is 0 Å². The van der Waals surface area contributed by atoms with Crippen LogP contribution in [-0.4, -0.2) is 36.9 Å². The van der Waals surface area contributed by atoms with Crippen molar-refractivity contribution in [2.24, 2.45) is 7.05 Å². The molecule has 0 spiro atoms. The second-order valence-electron chi connectivity index (χ2n) is 7.64. The van der Waals surface area contributed by atoms with Crippen LogP contribution in [-0.2, 0) is 24.8 Å². The summed E-state index contributed by atoms with van der Waals surface area (Å²) in [5.41, 5.74) is 0.880. The molecular formula is C21H26N4OS2. The number of hydrogen-bond acceptors (Lipinski definition) is 5. The molecule has 5 nitrogen and oxygen atoms in total. The van der Waals surface area contributed by atoms with Crippen molar-refractivity contribution in [3.8, 4) is 0 Å². The van der Waals surface area contributed by atoms with Crippen molar-refractivity contribution in [3.05, 3.63) is 64.1 Å². The number of amides is 1. The lowest BCUT2D eigenvalue weighted by molar-refractivity contribution is -0.133. The van der Waals surface area contributed by atoms with Crippen molar-refractivity contribution in [1.82, 2.24) is 19.7 Å². The molecule has 3 aromatic rings. The van der Waals surface area contributed by atoms with Crippen LogP contribution in [0, 0.1) is 0 Å². The SMILES string of the molecule is Cn1c(Cc2cccs2)nnc1SCC(=O)N(Cc1ccccc1)C(C)(C)C. The van der Waals surface area contributed by atoms with E-state index in [-0.39, 0.29) is 11.4 Å². The molecule has 0 unspecified atom stereocenters. The van der Waals surface area contributed by atoms with Gasteiger partial charge in [-0.15, -0.1) is 21.5 Å². The van der Waals surface area contributed by atoms with Crippen molar-refractivity contribution in [1.29, 1.82) is 0 Å². The normalized spacial score (nSPS) is 11.6. The Labute approximate surface area is 174 Å². The highest BCUT2D eigenvalue weighted by molar-refractivity contribution is 7.99. The number of carbonyl (C=O) groups is 1. The van der Waals surface area contributed by atoms with Gasteiger partial charge in [-0.25, -0.2) is 0 Å². The zero-order valence-corrected chi connectivity index (χ0v) is 18.4. The third-order valence-electron chi connectivity index (χ3n) is 4.46. The van der Waals surface area contributed by atoms with E-state index in [1.54, 1.807) is 11.3 Å². The first kappa shape index (κ1) is 20.6. The molecule has 3 rings (SSSR count). The number of aromatic nitrogens is 3. The molecule has 148 valence electrons. The molecule has 7 heteroatoms. The fourth-order valence-corrected chi connectivity index (χ4v) is 4.37. The lowest BCUT2D eigenvalue weighted by Crippen LogP contribution is -2.45. The van der Waals surface area contributed by atoms with E-state index in [4.69, 9.17) is 0 Å². The van der Waals surface area contributed by atoms with E-state index in [1.807, 2.05) is 40.8 Å². The topological polar surface area (TPSA) is 51.0 Å². The maximum absolute atomic E-state index is 13.0. The molecule has 0 bridgehead atoms. The number of benzene rings is 1. The fraction of sp³-hybridized carbons (Fsp3) is 0.381. The van der Waals surface area contributed by atoms with Gasteiger partial charge in [0.2, 0.25) is 5.91 Å². The van der Waals surface area contributed by atoms with Gasteiger partial charge in [-0.2, -0.15) is 0 Å². The molecular weight excluding hydrogens is 388 g/mol. The predicted molar refractivity (Wildman–Crippen MR) is 116 cm³/mol. The minimum Gasteiger partial charge on any atom is -0.333 e. The summed E-state index contributed by atoms with van der Waals surface area (Å²) in [6.07, 6.45) is 0.762. The second kappa shape index (κ2) is 8.92. The molecule has 0 fully saturated rings. The molecule has 0 atom stereocenters.